The lowest BCUT2D eigenvalue weighted by Gasteiger charge is -2.43. The quantitative estimate of drug-likeness (QED) is 0.355. The lowest BCUT2D eigenvalue weighted by Crippen LogP contribution is -2.57. The first-order chi connectivity index (χ1) is 15.7. The topological polar surface area (TPSA) is 88.7 Å². The molecule has 0 fully saturated rings. The van der Waals surface area contributed by atoms with Crippen LogP contribution in [0.5, 0.6) is 0 Å². The monoisotopic (exact) mass is 464 g/mol. The predicted octanol–water partition coefficient (Wildman–Crippen LogP) is 1.13. The molecule has 0 aliphatic carbocycles. The van der Waals surface area contributed by atoms with E-state index in [-0.39, 0.29) is 0 Å². The Morgan fingerprint density at radius 2 is 1.73 bits per heavy atom. The zero-order chi connectivity index (χ0) is 23.9. The van der Waals surface area contributed by atoms with E-state index in [0.29, 0.717) is 12.0 Å². The van der Waals surface area contributed by atoms with Gasteiger partial charge in [-0.05, 0) is 29.3 Å². The molecular weight excluding hydrogens is 441 g/mol. The second-order valence-corrected chi connectivity index (χ2v) is 9.45. The molecule has 3 aromatic rings. The number of carbonyl (C=O) groups excluding carboxylic acids is 3. The molecule has 2 aromatic carbocycles. The molecule has 1 aliphatic rings. The number of fused-ring (bicyclic) bond motifs is 3. The predicted molar refractivity (Wildman–Crippen MR) is 130 cm³/mol. The number of methoxy groups -OCH3 is 2. The van der Waals surface area contributed by atoms with E-state index < -0.39 is 34.6 Å². The van der Waals surface area contributed by atoms with Crippen LogP contribution in [0.15, 0.2) is 48.5 Å². The Bertz CT molecular complexity index is 1240. The fourth-order valence-electron chi connectivity index (χ4n) is 4.43. The Balaban J connectivity index is 1.96. The highest BCUT2D eigenvalue weighted by Gasteiger charge is 2.47. The second-order valence-electron chi connectivity index (χ2n) is 8.51. The highest BCUT2D eigenvalue weighted by atomic mass is 35.5. The normalized spacial score (nSPS) is 18.0. The number of para-hydroxylation sites is 1. The summed E-state index contributed by atoms with van der Waals surface area (Å²) in [6.45, 7) is 0. The molecule has 10 heteroatoms. The molecule has 0 bridgehead atoms. The van der Waals surface area contributed by atoms with Gasteiger partial charge in [-0.1, -0.05) is 30.3 Å². The molecule has 0 saturated carbocycles. The van der Waals surface area contributed by atoms with Gasteiger partial charge in [0.15, 0.2) is 0 Å². The smallest absolute Gasteiger partial charge is 0.337 e. The Kier molecular flexibility index (Phi) is 6.01. The lowest BCUT2D eigenvalue weighted by atomic mass is 9.68. The number of ether oxygens (including phenoxy) is 2. The van der Waals surface area contributed by atoms with E-state index in [1.165, 1.54) is 19.1 Å². The Morgan fingerprint density at radius 3 is 2.33 bits per heavy atom. The number of alkyl halides is 1. The van der Waals surface area contributed by atoms with Crippen molar-refractivity contribution >= 4 is 56.0 Å². The minimum atomic E-state index is -1.25. The van der Waals surface area contributed by atoms with Crippen LogP contribution in [0, 0.1) is 0 Å². The highest BCUT2D eigenvalue weighted by molar-refractivity contribution is 6.71. The Labute approximate surface area is 198 Å². The van der Waals surface area contributed by atoms with Crippen LogP contribution in [0.2, 0.25) is 0 Å². The van der Waals surface area contributed by atoms with Gasteiger partial charge in [0.1, 0.15) is 21.7 Å². The van der Waals surface area contributed by atoms with E-state index in [1.807, 2.05) is 24.3 Å². The summed E-state index contributed by atoms with van der Waals surface area (Å²) in [6, 6.07) is 13.1. The van der Waals surface area contributed by atoms with Gasteiger partial charge >= 0.3 is 11.9 Å². The van der Waals surface area contributed by atoms with E-state index in [2.05, 4.69) is 4.98 Å². The van der Waals surface area contributed by atoms with Crippen LogP contribution in [0.3, 0.4) is 0 Å². The largest absolute Gasteiger partial charge is 0.467 e. The number of halogens is 1. The molecule has 1 amide bonds. The number of amides is 1. The van der Waals surface area contributed by atoms with Crippen molar-refractivity contribution in [2.75, 3.05) is 14.2 Å². The molecule has 1 aliphatic heterocycles. The van der Waals surface area contributed by atoms with Crippen molar-refractivity contribution in [3.63, 3.8) is 0 Å². The maximum absolute atomic E-state index is 13.6. The third-order valence-electron chi connectivity index (χ3n) is 6.00. The summed E-state index contributed by atoms with van der Waals surface area (Å²) in [6.07, 6.45) is 0.293. The first kappa shape index (κ1) is 23.0. The zero-order valence-corrected chi connectivity index (χ0v) is 19.6. The number of hydrogen-bond donors (Lipinski definition) is 1. The van der Waals surface area contributed by atoms with Crippen LogP contribution in [0.1, 0.15) is 33.2 Å². The van der Waals surface area contributed by atoms with E-state index in [4.69, 9.17) is 21.1 Å². The third kappa shape index (κ3) is 4.02. The molecule has 7 nitrogen and oxygen atoms in total. The van der Waals surface area contributed by atoms with Crippen molar-refractivity contribution in [2.45, 2.75) is 23.2 Å². The van der Waals surface area contributed by atoms with Crippen LogP contribution in [-0.4, -0.2) is 68.4 Å². The molecule has 33 heavy (non-hydrogen) atoms. The Morgan fingerprint density at radius 1 is 1.06 bits per heavy atom. The summed E-state index contributed by atoms with van der Waals surface area (Å²) >= 11 is 6.46. The minimum absolute atomic E-state index is 0.293. The number of aromatic amines is 1. The van der Waals surface area contributed by atoms with Gasteiger partial charge < -0.3 is 19.4 Å². The van der Waals surface area contributed by atoms with Crippen LogP contribution >= 0.6 is 11.6 Å². The van der Waals surface area contributed by atoms with E-state index in [0.717, 1.165) is 27.7 Å². The third-order valence-corrected chi connectivity index (χ3v) is 6.16. The van der Waals surface area contributed by atoms with E-state index >= 15 is 0 Å². The van der Waals surface area contributed by atoms with Crippen molar-refractivity contribution in [3.05, 3.63) is 70.9 Å². The summed E-state index contributed by atoms with van der Waals surface area (Å²) in [5.41, 5.74) is 3.75. The van der Waals surface area contributed by atoms with Gasteiger partial charge in [0.05, 0.1) is 30.5 Å². The molecule has 0 radical (unpaired) electrons. The average molecular weight is 465 g/mol. The first-order valence-electron chi connectivity index (χ1n) is 10.5. The summed E-state index contributed by atoms with van der Waals surface area (Å²) in [4.78, 5) is 43.4. The summed E-state index contributed by atoms with van der Waals surface area (Å²) in [5.74, 6) is -1.37. The maximum Gasteiger partial charge on any atom is 0.337 e. The minimum Gasteiger partial charge on any atom is -0.467 e. The first-order valence-corrected chi connectivity index (χ1v) is 10.9. The molecule has 2 heterocycles. The fourth-order valence-corrected chi connectivity index (χ4v) is 4.53. The molecule has 0 spiro atoms. The van der Waals surface area contributed by atoms with Gasteiger partial charge in [0, 0.05) is 23.0 Å². The number of aromatic nitrogens is 1. The van der Waals surface area contributed by atoms with Crippen LogP contribution in [0.25, 0.3) is 10.9 Å². The molecule has 1 N–H and O–H groups in total. The van der Waals surface area contributed by atoms with E-state index in [9.17, 15) is 14.4 Å². The Hall–Kier alpha value is -3.19. The zero-order valence-electron chi connectivity index (χ0n) is 18.8. The standard InChI is InChI=1S/C23H23B2ClN2O5/c1-32-20(29)13-9-7-12(8-10-13)19-18-15(14-5-3-4-6-16(14)27-18)11-17(21(30)33-2)28(19)22(31)23(24,25)26/h3-10,17,19,27H,11,24-25H2,1-2H3/t17-,19+/m1/s1. The SMILES string of the molecule is BC(B)(Cl)C(=O)N1[C@@H](c2ccc(C(=O)OC)cc2)c2[nH]c3ccccc3c2C[C@@H]1C(=O)OC. The van der Waals surface area contributed by atoms with Gasteiger partial charge in [-0.25, -0.2) is 9.59 Å². The fraction of sp³-hybridized carbons (Fsp3) is 0.261. The number of nitrogens with zero attached hydrogens (tertiary/aromatic N) is 1. The highest BCUT2D eigenvalue weighted by Crippen LogP contribution is 2.42. The van der Waals surface area contributed by atoms with Crippen LogP contribution in [0.4, 0.5) is 0 Å². The number of carbonyl (C=O) groups is 3. The molecule has 0 unspecified atom stereocenters. The van der Waals surface area contributed by atoms with Gasteiger partial charge in [-0.15, -0.1) is 11.6 Å². The molecule has 2 atom stereocenters. The number of esters is 2. The molecular formula is C23H23B2ClN2O5. The van der Waals surface area contributed by atoms with Crippen molar-refractivity contribution in [1.29, 1.82) is 0 Å². The van der Waals surface area contributed by atoms with Crippen molar-refractivity contribution in [2.24, 2.45) is 0 Å². The summed E-state index contributed by atoms with van der Waals surface area (Å²) in [5, 5.41) is 0.981. The molecule has 0 saturated heterocycles. The van der Waals surface area contributed by atoms with Gasteiger partial charge in [-0.2, -0.15) is 0 Å². The van der Waals surface area contributed by atoms with Crippen molar-refractivity contribution in [1.82, 2.24) is 9.88 Å². The lowest BCUT2D eigenvalue weighted by molar-refractivity contribution is -0.154. The molecule has 4 rings (SSSR count). The van der Waals surface area contributed by atoms with Gasteiger partial charge in [0.25, 0.3) is 0 Å². The van der Waals surface area contributed by atoms with E-state index in [1.54, 1.807) is 40.0 Å². The van der Waals surface area contributed by atoms with Crippen molar-refractivity contribution in [3.8, 4) is 0 Å². The number of hydrogen-bond acceptors (Lipinski definition) is 5. The summed E-state index contributed by atoms with van der Waals surface area (Å²) in [7, 11) is 5.83. The average Bonchev–Trinajstić information content (AvgIpc) is 3.19. The van der Waals surface area contributed by atoms with Crippen molar-refractivity contribution < 1.29 is 23.9 Å². The molecule has 1 aromatic heterocycles. The summed E-state index contributed by atoms with van der Waals surface area (Å²) < 4.78 is 8.64. The maximum atomic E-state index is 13.6. The van der Waals surface area contributed by atoms with Crippen LogP contribution in [-0.2, 0) is 25.5 Å². The number of rotatable bonds is 4. The number of benzene rings is 2. The number of H-pyrrole nitrogens is 1. The van der Waals surface area contributed by atoms with Gasteiger partial charge in [-0.3, -0.25) is 4.79 Å². The second kappa shape index (κ2) is 8.63. The van der Waals surface area contributed by atoms with Gasteiger partial charge in [0.2, 0.25) is 5.91 Å². The van der Waals surface area contributed by atoms with Crippen LogP contribution < -0.4 is 0 Å². The molecule has 168 valence electrons. The number of nitrogens with one attached hydrogen (secondary N) is 1.